The molecule has 7 nitrogen and oxygen atoms in total. The first-order valence-electron chi connectivity index (χ1n) is 8.70. The number of hydrogen-bond acceptors (Lipinski definition) is 5. The zero-order chi connectivity index (χ0) is 21.0. The second-order valence-electron chi connectivity index (χ2n) is 6.36. The summed E-state index contributed by atoms with van der Waals surface area (Å²) in [4.78, 5) is 31.2. The Kier molecular flexibility index (Phi) is 6.26. The first-order chi connectivity index (χ1) is 13.9. The lowest BCUT2D eigenvalue weighted by Gasteiger charge is -2.15. The molecular weight excluding hydrogens is 399 g/mol. The van der Waals surface area contributed by atoms with Crippen molar-refractivity contribution in [2.24, 2.45) is 0 Å². The van der Waals surface area contributed by atoms with Gasteiger partial charge >= 0.3 is 0 Å². The monoisotopic (exact) mass is 416 g/mol. The highest BCUT2D eigenvalue weighted by molar-refractivity contribution is 6.30. The van der Waals surface area contributed by atoms with Crippen LogP contribution in [0.1, 0.15) is 17.3 Å². The van der Waals surface area contributed by atoms with Gasteiger partial charge in [0, 0.05) is 35.2 Å². The minimum atomic E-state index is -0.584. The molecule has 2 heterocycles. The molecule has 1 aromatic carbocycles. The Morgan fingerprint density at radius 3 is 2.86 bits per heavy atom. The lowest BCUT2D eigenvalue weighted by Crippen LogP contribution is -2.35. The fraction of sp³-hybridized carbons (Fsp3) is 0.150. The number of aliphatic hydroxyl groups is 1. The van der Waals surface area contributed by atoms with E-state index in [0.29, 0.717) is 16.4 Å². The maximum absolute atomic E-state index is 14.2. The molecular formula is C20H18ClFN4O3. The van der Waals surface area contributed by atoms with Gasteiger partial charge in [0.25, 0.3) is 11.5 Å². The Bertz CT molecular complexity index is 1100. The second-order valence-corrected chi connectivity index (χ2v) is 6.80. The molecule has 0 aliphatic heterocycles. The quantitative estimate of drug-likeness (QED) is 0.494. The molecule has 0 bridgehead atoms. The third-order valence-corrected chi connectivity index (χ3v) is 4.35. The van der Waals surface area contributed by atoms with Crippen LogP contribution in [0.4, 0.5) is 15.8 Å². The maximum atomic E-state index is 14.2. The molecule has 0 spiro atoms. The van der Waals surface area contributed by atoms with Gasteiger partial charge in [-0.2, -0.15) is 0 Å². The van der Waals surface area contributed by atoms with Gasteiger partial charge in [-0.25, -0.2) is 4.39 Å². The standard InChI is InChI=1S/C20H18ClFN4O3/c1-11(10-27)25-20(29)16-9-23-5-4-18(16)26-13-7-15(19(28)24-8-13)14-6-12(21)2-3-17(14)22/h2-9,11,27H,10H2,1H3,(H,23,26)(H,24,28)(H,25,29)/t11-/m0/s1. The average molecular weight is 417 g/mol. The lowest BCUT2D eigenvalue weighted by molar-refractivity contribution is 0.0923. The Hall–Kier alpha value is -3.23. The first kappa shape index (κ1) is 20.5. The molecule has 1 amide bonds. The summed E-state index contributed by atoms with van der Waals surface area (Å²) in [5.41, 5.74) is 0.758. The molecule has 4 N–H and O–H groups in total. The van der Waals surface area contributed by atoms with Crippen molar-refractivity contribution in [3.8, 4) is 11.1 Å². The largest absolute Gasteiger partial charge is 0.394 e. The maximum Gasteiger partial charge on any atom is 0.256 e. The Morgan fingerprint density at radius 2 is 2.10 bits per heavy atom. The minimum absolute atomic E-state index is 0.0619. The molecule has 0 aliphatic rings. The SMILES string of the molecule is C[C@@H](CO)NC(=O)c1cnccc1Nc1c[nH]c(=O)c(-c2cc(Cl)ccc2F)c1. The van der Waals surface area contributed by atoms with Crippen LogP contribution in [0.3, 0.4) is 0 Å². The van der Waals surface area contributed by atoms with E-state index in [1.165, 1.54) is 42.9 Å². The van der Waals surface area contributed by atoms with Gasteiger partial charge in [-0.05, 0) is 37.3 Å². The second kappa shape index (κ2) is 8.85. The molecule has 0 radical (unpaired) electrons. The van der Waals surface area contributed by atoms with E-state index in [1.807, 2.05) is 0 Å². The van der Waals surface area contributed by atoms with Gasteiger partial charge in [0.15, 0.2) is 0 Å². The summed E-state index contributed by atoms with van der Waals surface area (Å²) >= 11 is 5.93. The minimum Gasteiger partial charge on any atom is -0.394 e. The summed E-state index contributed by atoms with van der Waals surface area (Å²) in [6.07, 6.45) is 4.29. The van der Waals surface area contributed by atoms with E-state index >= 15 is 0 Å². The number of benzene rings is 1. The Labute approximate surface area is 170 Å². The van der Waals surface area contributed by atoms with Gasteiger partial charge in [0.05, 0.1) is 29.1 Å². The van der Waals surface area contributed by atoms with Crippen LogP contribution in [-0.2, 0) is 0 Å². The average Bonchev–Trinajstić information content (AvgIpc) is 2.71. The molecule has 1 atom stereocenters. The number of carbonyl (C=O) groups excluding carboxylic acids is 1. The summed E-state index contributed by atoms with van der Waals surface area (Å²) in [7, 11) is 0. The Morgan fingerprint density at radius 1 is 1.31 bits per heavy atom. The molecule has 9 heteroatoms. The van der Waals surface area contributed by atoms with Crippen molar-refractivity contribution in [3.63, 3.8) is 0 Å². The van der Waals surface area contributed by atoms with E-state index in [2.05, 4.69) is 20.6 Å². The smallest absolute Gasteiger partial charge is 0.256 e. The number of pyridine rings is 2. The third-order valence-electron chi connectivity index (χ3n) is 4.12. The molecule has 3 aromatic rings. The van der Waals surface area contributed by atoms with E-state index in [4.69, 9.17) is 16.7 Å². The highest BCUT2D eigenvalue weighted by atomic mass is 35.5. The lowest BCUT2D eigenvalue weighted by atomic mass is 10.1. The van der Waals surface area contributed by atoms with Crippen LogP contribution in [0.2, 0.25) is 5.02 Å². The van der Waals surface area contributed by atoms with Crippen molar-refractivity contribution in [2.45, 2.75) is 13.0 Å². The molecule has 3 rings (SSSR count). The van der Waals surface area contributed by atoms with Gasteiger partial charge in [0.2, 0.25) is 0 Å². The first-order valence-corrected chi connectivity index (χ1v) is 9.07. The topological polar surface area (TPSA) is 107 Å². The molecule has 0 aliphatic carbocycles. The van der Waals surface area contributed by atoms with Crippen LogP contribution in [0.5, 0.6) is 0 Å². The van der Waals surface area contributed by atoms with E-state index in [0.717, 1.165) is 0 Å². The summed E-state index contributed by atoms with van der Waals surface area (Å²) in [5.74, 6) is -1.01. The summed E-state index contributed by atoms with van der Waals surface area (Å²) < 4.78 is 14.2. The highest BCUT2D eigenvalue weighted by Crippen LogP contribution is 2.27. The molecule has 0 unspecified atom stereocenters. The van der Waals surface area contributed by atoms with Gasteiger partial charge < -0.3 is 20.7 Å². The van der Waals surface area contributed by atoms with E-state index in [1.54, 1.807) is 13.0 Å². The number of hydrogen-bond donors (Lipinski definition) is 4. The normalized spacial score (nSPS) is 11.7. The van der Waals surface area contributed by atoms with Crippen molar-refractivity contribution < 1.29 is 14.3 Å². The van der Waals surface area contributed by atoms with Gasteiger partial charge in [-0.15, -0.1) is 0 Å². The number of aromatic amines is 1. The summed E-state index contributed by atoms with van der Waals surface area (Å²) in [6.45, 7) is 1.46. The van der Waals surface area contributed by atoms with Crippen molar-refractivity contribution in [2.75, 3.05) is 11.9 Å². The van der Waals surface area contributed by atoms with Crippen molar-refractivity contribution in [3.05, 3.63) is 75.7 Å². The number of nitrogens with one attached hydrogen (secondary N) is 3. The number of anilines is 2. The van der Waals surface area contributed by atoms with Crippen molar-refractivity contribution >= 4 is 28.9 Å². The number of halogens is 2. The zero-order valence-electron chi connectivity index (χ0n) is 15.4. The number of rotatable bonds is 6. The van der Waals surface area contributed by atoms with Gasteiger partial charge in [-0.1, -0.05) is 11.6 Å². The van der Waals surface area contributed by atoms with Crippen LogP contribution in [-0.4, -0.2) is 33.6 Å². The number of aliphatic hydroxyl groups excluding tert-OH is 1. The van der Waals surface area contributed by atoms with Crippen LogP contribution in [0.15, 0.2) is 53.7 Å². The number of nitrogens with zero attached hydrogens (tertiary/aromatic N) is 1. The summed E-state index contributed by atoms with van der Waals surface area (Å²) in [5, 5.41) is 15.1. The number of amides is 1. The third kappa shape index (κ3) is 4.79. The molecule has 2 aromatic heterocycles. The molecule has 29 heavy (non-hydrogen) atoms. The van der Waals surface area contributed by atoms with Crippen LogP contribution < -0.4 is 16.2 Å². The predicted molar refractivity (Wildman–Crippen MR) is 109 cm³/mol. The van der Waals surface area contributed by atoms with Gasteiger partial charge in [0.1, 0.15) is 5.82 Å². The van der Waals surface area contributed by atoms with Gasteiger partial charge in [-0.3, -0.25) is 14.6 Å². The van der Waals surface area contributed by atoms with Crippen LogP contribution in [0, 0.1) is 5.82 Å². The van der Waals surface area contributed by atoms with Crippen molar-refractivity contribution in [1.29, 1.82) is 0 Å². The fourth-order valence-electron chi connectivity index (χ4n) is 2.65. The highest BCUT2D eigenvalue weighted by Gasteiger charge is 2.15. The Balaban J connectivity index is 1.96. The molecule has 0 fully saturated rings. The number of carbonyl (C=O) groups is 1. The summed E-state index contributed by atoms with van der Waals surface area (Å²) in [6, 6.07) is 6.57. The number of H-pyrrole nitrogens is 1. The predicted octanol–water partition coefficient (Wildman–Crippen LogP) is 3.08. The van der Waals surface area contributed by atoms with E-state index in [9.17, 15) is 14.0 Å². The van der Waals surface area contributed by atoms with Crippen LogP contribution in [0.25, 0.3) is 11.1 Å². The van der Waals surface area contributed by atoms with E-state index in [-0.39, 0.29) is 23.3 Å². The van der Waals surface area contributed by atoms with E-state index < -0.39 is 23.3 Å². The molecule has 150 valence electrons. The molecule has 0 saturated carbocycles. The van der Waals surface area contributed by atoms with Crippen LogP contribution >= 0.6 is 11.6 Å². The van der Waals surface area contributed by atoms with Crippen molar-refractivity contribution in [1.82, 2.24) is 15.3 Å². The zero-order valence-corrected chi connectivity index (χ0v) is 16.1. The fourth-order valence-corrected chi connectivity index (χ4v) is 2.82. The molecule has 0 saturated heterocycles. The number of aromatic nitrogens is 2.